The minimum atomic E-state index is -0.191. The number of aromatic nitrogens is 5. The lowest BCUT2D eigenvalue weighted by Gasteiger charge is -2.03. The Hall–Kier alpha value is -3.19. The molecule has 0 aliphatic carbocycles. The molecule has 0 saturated heterocycles. The molecule has 3 aromatic heterocycles. The smallest absolute Gasteiger partial charge is 0.273 e. The molecule has 0 radical (unpaired) electrons. The summed E-state index contributed by atoms with van der Waals surface area (Å²) in [6, 6.07) is 13.1. The van der Waals surface area contributed by atoms with Gasteiger partial charge in [0, 0.05) is 24.9 Å². The second-order valence-corrected chi connectivity index (χ2v) is 5.37. The highest BCUT2D eigenvalue weighted by Crippen LogP contribution is 2.28. The Bertz CT molecular complexity index is 1030. The van der Waals surface area contributed by atoms with Crippen LogP contribution in [0, 0.1) is 0 Å². The summed E-state index contributed by atoms with van der Waals surface area (Å²) >= 11 is 0. The second kappa shape index (κ2) is 5.78. The molecule has 0 unspecified atom stereocenters. The lowest BCUT2D eigenvalue weighted by atomic mass is 10.1. The fourth-order valence-corrected chi connectivity index (χ4v) is 2.78. The van der Waals surface area contributed by atoms with E-state index in [9.17, 15) is 4.79 Å². The van der Waals surface area contributed by atoms with Crippen molar-refractivity contribution < 1.29 is 4.74 Å². The largest absolute Gasteiger partial charge is 0.378 e. The van der Waals surface area contributed by atoms with Gasteiger partial charge >= 0.3 is 0 Å². The SMILES string of the molecule is COCc1[nH]n2c(=O)cc(-c3ccn[nH]3)nc2c1-c1ccccc1. The van der Waals surface area contributed by atoms with E-state index in [2.05, 4.69) is 20.3 Å². The molecule has 3 heterocycles. The summed E-state index contributed by atoms with van der Waals surface area (Å²) in [5.74, 6) is 0. The summed E-state index contributed by atoms with van der Waals surface area (Å²) < 4.78 is 6.71. The van der Waals surface area contributed by atoms with Crippen molar-refractivity contribution in [3.05, 3.63) is 64.7 Å². The van der Waals surface area contributed by atoms with Gasteiger partial charge in [0.05, 0.1) is 23.7 Å². The number of hydrogen-bond acceptors (Lipinski definition) is 4. The molecule has 120 valence electrons. The third-order valence-corrected chi connectivity index (χ3v) is 3.82. The third kappa shape index (κ3) is 2.31. The van der Waals surface area contributed by atoms with Gasteiger partial charge < -0.3 is 4.74 Å². The van der Waals surface area contributed by atoms with Gasteiger partial charge in [-0.3, -0.25) is 15.0 Å². The molecule has 4 aromatic rings. The highest BCUT2D eigenvalue weighted by molar-refractivity contribution is 5.80. The van der Waals surface area contributed by atoms with Crippen LogP contribution in [0.15, 0.2) is 53.5 Å². The zero-order chi connectivity index (χ0) is 16.5. The van der Waals surface area contributed by atoms with Crippen LogP contribution < -0.4 is 5.56 Å². The average molecular weight is 321 g/mol. The van der Waals surface area contributed by atoms with Gasteiger partial charge in [0.15, 0.2) is 5.65 Å². The van der Waals surface area contributed by atoms with Gasteiger partial charge in [-0.25, -0.2) is 9.50 Å². The summed E-state index contributed by atoms with van der Waals surface area (Å²) in [7, 11) is 1.62. The van der Waals surface area contributed by atoms with Crippen LogP contribution in [0.4, 0.5) is 0 Å². The Kier molecular flexibility index (Phi) is 3.47. The van der Waals surface area contributed by atoms with Crippen molar-refractivity contribution in [2.75, 3.05) is 7.11 Å². The molecule has 0 atom stereocenters. The Morgan fingerprint density at radius 3 is 2.75 bits per heavy atom. The molecular weight excluding hydrogens is 306 g/mol. The van der Waals surface area contributed by atoms with Crippen LogP contribution in [-0.4, -0.2) is 31.9 Å². The van der Waals surface area contributed by atoms with Crippen LogP contribution in [0.3, 0.4) is 0 Å². The maximum absolute atomic E-state index is 12.5. The summed E-state index contributed by atoms with van der Waals surface area (Å²) in [6.07, 6.45) is 1.63. The normalized spacial score (nSPS) is 11.2. The minimum absolute atomic E-state index is 0.191. The van der Waals surface area contributed by atoms with E-state index in [0.717, 1.165) is 16.8 Å². The molecule has 7 heteroatoms. The fraction of sp³-hybridized carbons (Fsp3) is 0.118. The quantitative estimate of drug-likeness (QED) is 0.603. The minimum Gasteiger partial charge on any atom is -0.378 e. The first kappa shape index (κ1) is 14.4. The monoisotopic (exact) mass is 321 g/mol. The summed E-state index contributed by atoms with van der Waals surface area (Å²) in [4.78, 5) is 17.2. The van der Waals surface area contributed by atoms with Crippen LogP contribution >= 0.6 is 0 Å². The van der Waals surface area contributed by atoms with Gasteiger partial charge in [0.1, 0.15) is 0 Å². The van der Waals surface area contributed by atoms with E-state index in [-0.39, 0.29) is 5.56 Å². The van der Waals surface area contributed by atoms with Crippen LogP contribution in [-0.2, 0) is 11.3 Å². The van der Waals surface area contributed by atoms with E-state index >= 15 is 0 Å². The maximum Gasteiger partial charge on any atom is 0.273 e. The van der Waals surface area contributed by atoms with Gasteiger partial charge in [-0.05, 0) is 11.6 Å². The first-order chi connectivity index (χ1) is 11.8. The molecule has 0 fully saturated rings. The van der Waals surface area contributed by atoms with Crippen molar-refractivity contribution in [3.8, 4) is 22.5 Å². The van der Waals surface area contributed by atoms with Crippen LogP contribution in [0.25, 0.3) is 28.2 Å². The van der Waals surface area contributed by atoms with Crippen molar-refractivity contribution in [3.63, 3.8) is 0 Å². The number of nitrogens with one attached hydrogen (secondary N) is 2. The number of fused-ring (bicyclic) bond motifs is 1. The van der Waals surface area contributed by atoms with Crippen molar-refractivity contribution >= 4 is 5.65 Å². The Labute approximate surface area is 136 Å². The standard InChI is InChI=1S/C17H15N5O2/c1-24-10-14-16(11-5-3-2-4-6-11)17-19-13(12-7-8-18-20-12)9-15(23)22(17)21-14/h2-9,21H,10H2,1H3,(H,18,20). The van der Waals surface area contributed by atoms with Crippen molar-refractivity contribution in [1.29, 1.82) is 0 Å². The highest BCUT2D eigenvalue weighted by atomic mass is 16.5. The van der Waals surface area contributed by atoms with Gasteiger partial charge in [-0.2, -0.15) is 5.10 Å². The second-order valence-electron chi connectivity index (χ2n) is 5.37. The fourth-order valence-electron chi connectivity index (χ4n) is 2.78. The summed E-state index contributed by atoms with van der Waals surface area (Å²) in [5, 5.41) is 9.86. The number of H-pyrrole nitrogens is 2. The van der Waals surface area contributed by atoms with Gasteiger partial charge in [0.25, 0.3) is 5.56 Å². The number of rotatable bonds is 4. The van der Waals surface area contributed by atoms with Gasteiger partial charge in [0.2, 0.25) is 0 Å². The van der Waals surface area contributed by atoms with Crippen molar-refractivity contribution in [2.24, 2.45) is 0 Å². The topological polar surface area (TPSA) is 88.1 Å². The van der Waals surface area contributed by atoms with E-state index in [1.54, 1.807) is 19.4 Å². The number of methoxy groups -OCH3 is 1. The average Bonchev–Trinajstić information content (AvgIpc) is 3.24. The zero-order valence-electron chi connectivity index (χ0n) is 13.0. The third-order valence-electron chi connectivity index (χ3n) is 3.82. The first-order valence-electron chi connectivity index (χ1n) is 7.46. The molecule has 1 aromatic carbocycles. The molecule has 4 rings (SSSR count). The molecule has 0 bridgehead atoms. The summed E-state index contributed by atoms with van der Waals surface area (Å²) in [6.45, 7) is 0.354. The molecule has 2 N–H and O–H groups in total. The predicted molar refractivity (Wildman–Crippen MR) is 89.5 cm³/mol. The highest BCUT2D eigenvalue weighted by Gasteiger charge is 2.17. The van der Waals surface area contributed by atoms with E-state index in [1.807, 2.05) is 30.3 Å². The van der Waals surface area contributed by atoms with E-state index in [0.29, 0.717) is 23.6 Å². The van der Waals surface area contributed by atoms with Gasteiger partial charge in [-0.1, -0.05) is 30.3 Å². The van der Waals surface area contributed by atoms with E-state index < -0.39 is 0 Å². The molecule has 7 nitrogen and oxygen atoms in total. The van der Waals surface area contributed by atoms with Crippen molar-refractivity contribution in [1.82, 2.24) is 24.8 Å². The predicted octanol–water partition coefficient (Wildman–Crippen LogP) is 2.23. The number of aromatic amines is 2. The molecule has 24 heavy (non-hydrogen) atoms. The maximum atomic E-state index is 12.5. The molecule has 0 amide bonds. The van der Waals surface area contributed by atoms with Crippen molar-refractivity contribution in [2.45, 2.75) is 6.61 Å². The molecule has 0 spiro atoms. The van der Waals surface area contributed by atoms with E-state index in [1.165, 1.54) is 10.6 Å². The molecular formula is C17H15N5O2. The molecule has 0 aliphatic heterocycles. The number of benzene rings is 1. The number of ether oxygens (including phenoxy) is 1. The number of hydrogen-bond donors (Lipinski definition) is 2. The zero-order valence-corrected chi connectivity index (χ0v) is 13.0. The van der Waals surface area contributed by atoms with Crippen LogP contribution in [0.1, 0.15) is 5.69 Å². The Morgan fingerprint density at radius 2 is 2.04 bits per heavy atom. The Balaban J connectivity index is 2.04. The van der Waals surface area contributed by atoms with Gasteiger partial charge in [-0.15, -0.1) is 0 Å². The van der Waals surface area contributed by atoms with E-state index in [4.69, 9.17) is 4.74 Å². The lowest BCUT2D eigenvalue weighted by molar-refractivity contribution is 0.181. The lowest BCUT2D eigenvalue weighted by Crippen LogP contribution is -2.14. The number of nitrogens with zero attached hydrogens (tertiary/aromatic N) is 3. The molecule has 0 aliphatic rings. The van der Waals surface area contributed by atoms with Crippen LogP contribution in [0.2, 0.25) is 0 Å². The summed E-state index contributed by atoms with van der Waals surface area (Å²) in [5.41, 5.74) is 4.25. The molecule has 0 saturated carbocycles. The first-order valence-corrected chi connectivity index (χ1v) is 7.46. The Morgan fingerprint density at radius 1 is 1.21 bits per heavy atom. The van der Waals surface area contributed by atoms with Crippen LogP contribution in [0.5, 0.6) is 0 Å².